The second-order valence-electron chi connectivity index (χ2n) is 4.72. The molecular formula is C17H12BrNO5. The first kappa shape index (κ1) is 17.6. The van der Waals surface area contributed by atoms with Gasteiger partial charge in [0.1, 0.15) is 0 Å². The summed E-state index contributed by atoms with van der Waals surface area (Å²) in [6.45, 7) is -0.375. The third-order valence-corrected chi connectivity index (χ3v) is 3.53. The normalized spacial score (nSPS) is 10.5. The zero-order valence-corrected chi connectivity index (χ0v) is 13.9. The molecule has 0 heterocycles. The monoisotopic (exact) mass is 389 g/mol. The highest BCUT2D eigenvalue weighted by molar-refractivity contribution is 9.10. The molecule has 0 saturated heterocycles. The largest absolute Gasteiger partial charge is 0.454 e. The minimum absolute atomic E-state index is 0.0732. The standard InChI is InChI=1S/C17H12BrNO5/c18-14-7-5-13(6-8-14)16(20)11-24-17(21)9-4-12-2-1-3-15(10-12)19(22)23/h1-10H,11H2. The maximum absolute atomic E-state index is 11.9. The van der Waals surface area contributed by atoms with Crippen LogP contribution in [0.5, 0.6) is 0 Å². The van der Waals surface area contributed by atoms with E-state index in [-0.39, 0.29) is 18.1 Å². The van der Waals surface area contributed by atoms with Gasteiger partial charge in [0, 0.05) is 28.2 Å². The molecule has 2 aromatic rings. The van der Waals surface area contributed by atoms with E-state index in [0.29, 0.717) is 11.1 Å². The second kappa shape index (κ2) is 8.16. The highest BCUT2D eigenvalue weighted by atomic mass is 79.9. The van der Waals surface area contributed by atoms with E-state index < -0.39 is 10.9 Å². The van der Waals surface area contributed by atoms with Gasteiger partial charge >= 0.3 is 5.97 Å². The first-order valence-electron chi connectivity index (χ1n) is 6.84. The van der Waals surface area contributed by atoms with Gasteiger partial charge in [-0.3, -0.25) is 14.9 Å². The number of carbonyl (C=O) groups is 2. The molecule has 0 aliphatic carbocycles. The maximum atomic E-state index is 11.9. The van der Waals surface area contributed by atoms with E-state index in [1.54, 1.807) is 30.3 Å². The first-order valence-corrected chi connectivity index (χ1v) is 7.63. The molecule has 0 N–H and O–H groups in total. The third kappa shape index (κ3) is 5.13. The molecule has 24 heavy (non-hydrogen) atoms. The Balaban J connectivity index is 1.91. The molecule has 0 aliphatic rings. The predicted octanol–water partition coefficient (Wildman–Crippen LogP) is 3.80. The maximum Gasteiger partial charge on any atom is 0.331 e. The first-order chi connectivity index (χ1) is 11.5. The molecule has 2 rings (SSSR count). The summed E-state index contributed by atoms with van der Waals surface area (Å²) in [5, 5.41) is 10.7. The molecule has 0 unspecified atom stereocenters. The topological polar surface area (TPSA) is 86.5 Å². The van der Waals surface area contributed by atoms with Gasteiger partial charge in [-0.15, -0.1) is 0 Å². The van der Waals surface area contributed by atoms with Crippen molar-refractivity contribution in [3.05, 3.63) is 80.3 Å². The number of nitro groups is 1. The quantitative estimate of drug-likeness (QED) is 0.246. The van der Waals surface area contributed by atoms with E-state index in [1.807, 2.05) is 0 Å². The lowest BCUT2D eigenvalue weighted by molar-refractivity contribution is -0.384. The second-order valence-corrected chi connectivity index (χ2v) is 5.64. The average Bonchev–Trinajstić information content (AvgIpc) is 2.58. The molecule has 2 aromatic carbocycles. The summed E-state index contributed by atoms with van der Waals surface area (Å²) in [6, 6.07) is 12.5. The fourth-order valence-corrected chi connectivity index (χ4v) is 2.07. The van der Waals surface area contributed by atoms with Crippen LogP contribution in [0.25, 0.3) is 6.08 Å². The Kier molecular flexibility index (Phi) is 5.97. The Morgan fingerprint density at radius 2 is 1.88 bits per heavy atom. The number of hydrogen-bond donors (Lipinski definition) is 0. The molecule has 0 spiro atoms. The molecule has 6 nitrogen and oxygen atoms in total. The van der Waals surface area contributed by atoms with Crippen LogP contribution in [-0.4, -0.2) is 23.3 Å². The van der Waals surface area contributed by atoms with Crippen LogP contribution in [0.2, 0.25) is 0 Å². The van der Waals surface area contributed by atoms with Crippen molar-refractivity contribution in [3.8, 4) is 0 Å². The van der Waals surface area contributed by atoms with E-state index in [4.69, 9.17) is 4.74 Å². The van der Waals surface area contributed by atoms with Gasteiger partial charge in [-0.05, 0) is 23.8 Å². The van der Waals surface area contributed by atoms with Crippen LogP contribution >= 0.6 is 15.9 Å². The zero-order chi connectivity index (χ0) is 17.5. The van der Waals surface area contributed by atoms with E-state index in [2.05, 4.69) is 15.9 Å². The van der Waals surface area contributed by atoms with E-state index in [9.17, 15) is 19.7 Å². The number of non-ortho nitro benzene ring substituents is 1. The summed E-state index contributed by atoms with van der Waals surface area (Å²) in [7, 11) is 0. The zero-order valence-electron chi connectivity index (χ0n) is 12.3. The van der Waals surface area contributed by atoms with E-state index in [0.717, 1.165) is 10.5 Å². The Labute approximate surface area is 146 Å². The number of halogens is 1. The van der Waals surface area contributed by atoms with Gasteiger partial charge in [0.15, 0.2) is 12.4 Å². The molecule has 122 valence electrons. The minimum atomic E-state index is -0.702. The smallest absolute Gasteiger partial charge is 0.331 e. The molecule has 0 saturated carbocycles. The van der Waals surface area contributed by atoms with Crippen LogP contribution in [0.4, 0.5) is 5.69 Å². The van der Waals surface area contributed by atoms with Crippen molar-refractivity contribution in [2.45, 2.75) is 0 Å². The highest BCUT2D eigenvalue weighted by Crippen LogP contribution is 2.14. The number of Topliss-reactive ketones (excluding diaryl/α,β-unsaturated/α-hetero) is 1. The number of esters is 1. The summed E-state index contributed by atoms with van der Waals surface area (Å²) in [5.74, 6) is -1.02. The van der Waals surface area contributed by atoms with E-state index in [1.165, 1.54) is 24.3 Å². The van der Waals surface area contributed by atoms with Crippen LogP contribution in [0.15, 0.2) is 59.1 Å². The van der Waals surface area contributed by atoms with Gasteiger partial charge in [-0.25, -0.2) is 4.79 Å². The Morgan fingerprint density at radius 1 is 1.17 bits per heavy atom. The molecule has 0 aliphatic heterocycles. The lowest BCUT2D eigenvalue weighted by Crippen LogP contribution is -2.12. The van der Waals surface area contributed by atoms with Gasteiger partial charge in [0.2, 0.25) is 0 Å². The SMILES string of the molecule is O=C(C=Cc1cccc([N+](=O)[O-])c1)OCC(=O)c1ccc(Br)cc1. The summed E-state index contributed by atoms with van der Waals surface area (Å²) in [5.41, 5.74) is 0.852. The average molecular weight is 390 g/mol. The van der Waals surface area contributed by atoms with Gasteiger partial charge in [0.05, 0.1) is 4.92 Å². The molecular weight excluding hydrogens is 378 g/mol. The number of ether oxygens (including phenoxy) is 1. The van der Waals surface area contributed by atoms with Crippen LogP contribution in [0.1, 0.15) is 15.9 Å². The van der Waals surface area contributed by atoms with Crippen molar-refractivity contribution in [2.24, 2.45) is 0 Å². The number of nitrogens with zero attached hydrogens (tertiary/aromatic N) is 1. The van der Waals surface area contributed by atoms with Gasteiger partial charge in [-0.2, -0.15) is 0 Å². The van der Waals surface area contributed by atoms with Crippen molar-refractivity contribution >= 4 is 39.4 Å². The third-order valence-electron chi connectivity index (χ3n) is 3.00. The molecule has 0 bridgehead atoms. The Bertz CT molecular complexity index is 799. The highest BCUT2D eigenvalue weighted by Gasteiger charge is 2.08. The Hall–Kier alpha value is -2.80. The Morgan fingerprint density at radius 3 is 2.54 bits per heavy atom. The molecule has 0 radical (unpaired) electrons. The summed E-state index contributed by atoms with van der Waals surface area (Å²) in [6.07, 6.45) is 2.51. The number of nitro benzene ring substituents is 1. The number of hydrogen-bond acceptors (Lipinski definition) is 5. The van der Waals surface area contributed by atoms with Crippen LogP contribution < -0.4 is 0 Å². The van der Waals surface area contributed by atoms with E-state index >= 15 is 0 Å². The molecule has 0 aromatic heterocycles. The lowest BCUT2D eigenvalue weighted by atomic mass is 10.1. The van der Waals surface area contributed by atoms with Crippen molar-refractivity contribution in [2.75, 3.05) is 6.61 Å². The number of benzene rings is 2. The fourth-order valence-electron chi connectivity index (χ4n) is 1.81. The number of rotatable bonds is 6. The van der Waals surface area contributed by atoms with Crippen molar-refractivity contribution in [3.63, 3.8) is 0 Å². The summed E-state index contributed by atoms with van der Waals surface area (Å²) < 4.78 is 5.71. The van der Waals surface area contributed by atoms with Crippen molar-refractivity contribution < 1.29 is 19.2 Å². The summed E-state index contributed by atoms with van der Waals surface area (Å²) in [4.78, 5) is 33.6. The number of ketones is 1. The van der Waals surface area contributed by atoms with Crippen molar-refractivity contribution in [1.29, 1.82) is 0 Å². The van der Waals surface area contributed by atoms with Gasteiger partial charge in [-0.1, -0.05) is 40.2 Å². The minimum Gasteiger partial charge on any atom is -0.454 e. The molecule has 0 fully saturated rings. The molecule has 7 heteroatoms. The lowest BCUT2D eigenvalue weighted by Gasteiger charge is -2.02. The van der Waals surface area contributed by atoms with Crippen LogP contribution in [0.3, 0.4) is 0 Å². The predicted molar refractivity (Wildman–Crippen MR) is 91.6 cm³/mol. The molecule has 0 amide bonds. The number of carbonyl (C=O) groups excluding carboxylic acids is 2. The molecule has 0 atom stereocenters. The van der Waals surface area contributed by atoms with Gasteiger partial charge in [0.25, 0.3) is 5.69 Å². The van der Waals surface area contributed by atoms with Crippen LogP contribution in [-0.2, 0) is 9.53 Å². The fraction of sp³-hybridized carbons (Fsp3) is 0.0588. The summed E-state index contributed by atoms with van der Waals surface area (Å²) >= 11 is 3.27. The van der Waals surface area contributed by atoms with Crippen LogP contribution in [0, 0.1) is 10.1 Å². The van der Waals surface area contributed by atoms with Gasteiger partial charge < -0.3 is 4.74 Å². The van der Waals surface area contributed by atoms with Crippen molar-refractivity contribution in [1.82, 2.24) is 0 Å².